The summed E-state index contributed by atoms with van der Waals surface area (Å²) in [5.41, 5.74) is 0.359. The number of carboxylic acid groups (broad SMARTS) is 1. The Kier molecular flexibility index (Phi) is 4.50. The lowest BCUT2D eigenvalue weighted by Gasteiger charge is -2.08. The standard InChI is InChI=1S/C14H9BrClNO4/c15-8-3-7(14(20)21)4-10(5-8)17-13(19)11-2-1-9(16)6-12(11)18/h1-6,18H,(H,17,19)(H,20,21). The maximum absolute atomic E-state index is 12.1. The summed E-state index contributed by atoms with van der Waals surface area (Å²) in [5.74, 6) is -1.94. The molecule has 0 aliphatic rings. The monoisotopic (exact) mass is 369 g/mol. The average molecular weight is 371 g/mol. The van der Waals surface area contributed by atoms with E-state index in [-0.39, 0.29) is 16.9 Å². The number of aromatic hydroxyl groups is 1. The van der Waals surface area contributed by atoms with Crippen molar-refractivity contribution >= 4 is 45.1 Å². The van der Waals surface area contributed by atoms with Crippen LogP contribution in [-0.4, -0.2) is 22.1 Å². The fourth-order valence-corrected chi connectivity index (χ4v) is 2.34. The van der Waals surface area contributed by atoms with E-state index in [1.54, 1.807) is 6.07 Å². The zero-order chi connectivity index (χ0) is 15.6. The number of aromatic carboxylic acids is 1. The third kappa shape index (κ3) is 3.74. The molecule has 0 unspecified atom stereocenters. The molecule has 7 heteroatoms. The maximum atomic E-state index is 12.1. The number of benzene rings is 2. The highest BCUT2D eigenvalue weighted by atomic mass is 79.9. The van der Waals surface area contributed by atoms with Crippen LogP contribution < -0.4 is 5.32 Å². The average Bonchev–Trinajstić information content (AvgIpc) is 2.37. The van der Waals surface area contributed by atoms with Crippen LogP contribution in [0.2, 0.25) is 5.02 Å². The van der Waals surface area contributed by atoms with Crippen molar-refractivity contribution < 1.29 is 19.8 Å². The van der Waals surface area contributed by atoms with E-state index in [2.05, 4.69) is 21.2 Å². The van der Waals surface area contributed by atoms with Gasteiger partial charge in [-0.25, -0.2) is 4.79 Å². The van der Waals surface area contributed by atoms with Crippen LogP contribution >= 0.6 is 27.5 Å². The molecule has 21 heavy (non-hydrogen) atoms. The van der Waals surface area contributed by atoms with Gasteiger partial charge in [-0.1, -0.05) is 27.5 Å². The maximum Gasteiger partial charge on any atom is 0.335 e. The lowest BCUT2D eigenvalue weighted by molar-refractivity contribution is 0.0696. The predicted octanol–water partition coefficient (Wildman–Crippen LogP) is 3.76. The second-order valence-electron chi connectivity index (χ2n) is 4.15. The van der Waals surface area contributed by atoms with Crippen molar-refractivity contribution in [1.82, 2.24) is 0 Å². The first-order chi connectivity index (χ1) is 9.86. The Hall–Kier alpha value is -2.05. The van der Waals surface area contributed by atoms with Crippen molar-refractivity contribution in [2.24, 2.45) is 0 Å². The Bertz CT molecular complexity index is 733. The van der Waals surface area contributed by atoms with Crippen molar-refractivity contribution in [3.05, 3.63) is 57.0 Å². The van der Waals surface area contributed by atoms with E-state index in [4.69, 9.17) is 16.7 Å². The van der Waals surface area contributed by atoms with Gasteiger partial charge in [0.1, 0.15) is 5.75 Å². The molecule has 0 saturated heterocycles. The third-order valence-electron chi connectivity index (χ3n) is 2.61. The molecular weight excluding hydrogens is 362 g/mol. The van der Waals surface area contributed by atoms with Gasteiger partial charge in [0.2, 0.25) is 0 Å². The summed E-state index contributed by atoms with van der Waals surface area (Å²) >= 11 is 8.87. The normalized spacial score (nSPS) is 10.2. The number of carbonyl (C=O) groups is 2. The molecule has 0 atom stereocenters. The third-order valence-corrected chi connectivity index (χ3v) is 3.30. The van der Waals surface area contributed by atoms with Crippen LogP contribution in [0.1, 0.15) is 20.7 Å². The molecule has 1 amide bonds. The van der Waals surface area contributed by atoms with Gasteiger partial charge in [-0.3, -0.25) is 4.79 Å². The number of anilines is 1. The molecule has 0 heterocycles. The summed E-state index contributed by atoms with van der Waals surface area (Å²) in [5, 5.41) is 21.5. The quantitative estimate of drug-likeness (QED) is 0.768. The van der Waals surface area contributed by atoms with Crippen LogP contribution in [0.3, 0.4) is 0 Å². The number of nitrogens with one attached hydrogen (secondary N) is 1. The van der Waals surface area contributed by atoms with Crippen LogP contribution in [0, 0.1) is 0 Å². The molecule has 2 rings (SSSR count). The predicted molar refractivity (Wildman–Crippen MR) is 82.2 cm³/mol. The molecule has 0 bridgehead atoms. The van der Waals surface area contributed by atoms with Gasteiger partial charge >= 0.3 is 5.97 Å². The number of hydrogen-bond acceptors (Lipinski definition) is 3. The van der Waals surface area contributed by atoms with E-state index in [0.29, 0.717) is 15.2 Å². The van der Waals surface area contributed by atoms with Gasteiger partial charge in [0.05, 0.1) is 11.1 Å². The molecule has 0 radical (unpaired) electrons. The summed E-state index contributed by atoms with van der Waals surface area (Å²) in [7, 11) is 0. The van der Waals surface area contributed by atoms with E-state index >= 15 is 0 Å². The Morgan fingerprint density at radius 3 is 2.48 bits per heavy atom. The van der Waals surface area contributed by atoms with E-state index < -0.39 is 11.9 Å². The smallest absolute Gasteiger partial charge is 0.335 e. The number of phenolic OH excluding ortho intramolecular Hbond substituents is 1. The number of carbonyl (C=O) groups excluding carboxylic acids is 1. The highest BCUT2D eigenvalue weighted by Crippen LogP contribution is 2.24. The van der Waals surface area contributed by atoms with Gasteiger partial charge < -0.3 is 15.5 Å². The van der Waals surface area contributed by atoms with Crippen LogP contribution in [-0.2, 0) is 0 Å². The lowest BCUT2D eigenvalue weighted by atomic mass is 10.1. The zero-order valence-electron chi connectivity index (χ0n) is 10.4. The van der Waals surface area contributed by atoms with Gasteiger partial charge in [0.25, 0.3) is 5.91 Å². The molecule has 2 aromatic rings. The SMILES string of the molecule is O=C(O)c1cc(Br)cc(NC(=O)c2ccc(Cl)cc2O)c1. The van der Waals surface area contributed by atoms with Gasteiger partial charge in [-0.2, -0.15) is 0 Å². The molecule has 2 aromatic carbocycles. The molecular formula is C14H9BrClNO4. The second kappa shape index (κ2) is 6.15. The Balaban J connectivity index is 2.29. The van der Waals surface area contributed by atoms with E-state index in [0.717, 1.165) is 0 Å². The number of rotatable bonds is 3. The van der Waals surface area contributed by atoms with Gasteiger partial charge in [-0.15, -0.1) is 0 Å². The molecule has 0 aliphatic carbocycles. The van der Waals surface area contributed by atoms with Gasteiger partial charge in [0.15, 0.2) is 0 Å². The summed E-state index contributed by atoms with van der Waals surface area (Å²) in [6.45, 7) is 0. The summed E-state index contributed by atoms with van der Waals surface area (Å²) < 4.78 is 0.512. The minimum Gasteiger partial charge on any atom is -0.507 e. The summed E-state index contributed by atoms with van der Waals surface area (Å²) in [6.07, 6.45) is 0. The van der Waals surface area contributed by atoms with Crippen LogP contribution in [0.25, 0.3) is 0 Å². The van der Waals surface area contributed by atoms with Crippen molar-refractivity contribution in [3.63, 3.8) is 0 Å². The number of amides is 1. The molecule has 0 spiro atoms. The lowest BCUT2D eigenvalue weighted by Crippen LogP contribution is -2.12. The number of hydrogen-bond donors (Lipinski definition) is 3. The zero-order valence-corrected chi connectivity index (χ0v) is 12.8. The fourth-order valence-electron chi connectivity index (χ4n) is 1.68. The topological polar surface area (TPSA) is 86.6 Å². The first-order valence-electron chi connectivity index (χ1n) is 5.70. The van der Waals surface area contributed by atoms with Crippen LogP contribution in [0.15, 0.2) is 40.9 Å². The molecule has 0 fully saturated rings. The largest absolute Gasteiger partial charge is 0.507 e. The van der Waals surface area contributed by atoms with Crippen molar-refractivity contribution in [3.8, 4) is 5.75 Å². The van der Waals surface area contributed by atoms with E-state index in [1.165, 1.54) is 30.3 Å². The van der Waals surface area contributed by atoms with Crippen LogP contribution in [0.5, 0.6) is 5.75 Å². The van der Waals surface area contributed by atoms with E-state index in [1.807, 2.05) is 0 Å². The van der Waals surface area contributed by atoms with Gasteiger partial charge in [-0.05, 0) is 36.4 Å². The Morgan fingerprint density at radius 1 is 1.14 bits per heavy atom. The first-order valence-corrected chi connectivity index (χ1v) is 6.87. The van der Waals surface area contributed by atoms with Crippen molar-refractivity contribution in [2.75, 3.05) is 5.32 Å². The van der Waals surface area contributed by atoms with Gasteiger partial charge in [0, 0.05) is 15.2 Å². The van der Waals surface area contributed by atoms with Crippen molar-refractivity contribution in [2.45, 2.75) is 0 Å². The minimum atomic E-state index is -1.11. The Morgan fingerprint density at radius 2 is 1.86 bits per heavy atom. The fraction of sp³-hybridized carbons (Fsp3) is 0. The molecule has 0 aromatic heterocycles. The molecule has 5 nitrogen and oxygen atoms in total. The number of carboxylic acids is 1. The number of halogens is 2. The number of phenols is 1. The van der Waals surface area contributed by atoms with E-state index in [9.17, 15) is 14.7 Å². The summed E-state index contributed by atoms with van der Waals surface area (Å²) in [4.78, 5) is 23.0. The minimum absolute atomic E-state index is 0.0278. The summed E-state index contributed by atoms with van der Waals surface area (Å²) in [6, 6.07) is 8.38. The van der Waals surface area contributed by atoms with Crippen LogP contribution in [0.4, 0.5) is 5.69 Å². The second-order valence-corrected chi connectivity index (χ2v) is 5.50. The Labute approximate surface area is 133 Å². The van der Waals surface area contributed by atoms with Crippen molar-refractivity contribution in [1.29, 1.82) is 0 Å². The first kappa shape index (κ1) is 15.3. The molecule has 0 aliphatic heterocycles. The molecule has 0 saturated carbocycles. The molecule has 108 valence electrons. The highest BCUT2D eigenvalue weighted by Gasteiger charge is 2.13. The molecule has 3 N–H and O–H groups in total. The highest BCUT2D eigenvalue weighted by molar-refractivity contribution is 9.10.